The summed E-state index contributed by atoms with van der Waals surface area (Å²) in [5, 5.41) is 11.8. The highest BCUT2D eigenvalue weighted by molar-refractivity contribution is 5.91. The first-order chi connectivity index (χ1) is 32.8. The number of esters is 3. The van der Waals surface area contributed by atoms with Crippen LogP contribution < -0.4 is 0 Å². The van der Waals surface area contributed by atoms with E-state index in [4.69, 9.17) is 42.6 Å². The zero-order valence-corrected chi connectivity index (χ0v) is 36.8. The summed E-state index contributed by atoms with van der Waals surface area (Å²) in [6.07, 6.45) is -12.1. The van der Waals surface area contributed by atoms with E-state index < -0.39 is 79.3 Å². The van der Waals surface area contributed by atoms with Crippen LogP contribution in [0.5, 0.6) is 0 Å². The Kier molecular flexibility index (Phi) is 16.3. The van der Waals surface area contributed by atoms with Crippen LogP contribution in [0, 0.1) is 0 Å². The van der Waals surface area contributed by atoms with E-state index in [9.17, 15) is 19.5 Å². The Morgan fingerprint density at radius 2 is 0.776 bits per heavy atom. The third-order valence-electron chi connectivity index (χ3n) is 11.4. The molecule has 13 heteroatoms. The lowest BCUT2D eigenvalue weighted by Gasteiger charge is -2.46. The molecule has 2 aliphatic heterocycles. The van der Waals surface area contributed by atoms with Crippen molar-refractivity contribution in [2.45, 2.75) is 88.2 Å². The van der Waals surface area contributed by atoms with Crippen molar-refractivity contribution in [1.82, 2.24) is 0 Å². The highest BCUT2D eigenvalue weighted by Gasteiger charge is 2.53. The number of benzene rings is 6. The molecule has 0 aliphatic carbocycles. The maximum absolute atomic E-state index is 14.0. The Balaban J connectivity index is 1.12. The molecule has 0 aromatic heterocycles. The molecule has 2 heterocycles. The van der Waals surface area contributed by atoms with Crippen LogP contribution in [-0.2, 0) is 62.5 Å². The fourth-order valence-electron chi connectivity index (χ4n) is 7.91. The predicted molar refractivity (Wildman–Crippen MR) is 243 cm³/mol. The molecule has 0 amide bonds. The quantitative estimate of drug-likeness (QED) is 0.0657. The van der Waals surface area contributed by atoms with Gasteiger partial charge in [-0.05, 0) is 60.0 Å². The second-order valence-electron chi connectivity index (χ2n) is 16.1. The average Bonchev–Trinajstić information content (AvgIpc) is 3.37. The number of carbonyl (C=O) groups is 3. The molecule has 13 nitrogen and oxygen atoms in total. The molecule has 346 valence electrons. The number of aliphatic hydroxyl groups is 1. The monoisotopic (exact) mass is 908 g/mol. The summed E-state index contributed by atoms with van der Waals surface area (Å²) in [5.74, 6) is -2.27. The van der Waals surface area contributed by atoms with Crippen LogP contribution in [0.25, 0.3) is 0 Å². The highest BCUT2D eigenvalue weighted by atomic mass is 16.7. The molecule has 8 rings (SSSR count). The van der Waals surface area contributed by atoms with Crippen LogP contribution in [0.2, 0.25) is 0 Å². The van der Waals surface area contributed by atoms with Crippen LogP contribution in [0.4, 0.5) is 0 Å². The third-order valence-corrected chi connectivity index (χ3v) is 11.4. The minimum atomic E-state index is -1.52. The molecular weight excluding hydrogens is 857 g/mol. The van der Waals surface area contributed by atoms with Gasteiger partial charge >= 0.3 is 17.9 Å². The molecule has 1 N–H and O–H groups in total. The minimum absolute atomic E-state index is 0.137. The summed E-state index contributed by atoms with van der Waals surface area (Å²) in [5.41, 5.74) is 3.26. The van der Waals surface area contributed by atoms with Gasteiger partial charge in [0.05, 0.1) is 49.2 Å². The van der Waals surface area contributed by atoms with Gasteiger partial charge in [0.2, 0.25) is 0 Å². The topological polar surface area (TPSA) is 155 Å². The van der Waals surface area contributed by atoms with Crippen molar-refractivity contribution >= 4 is 17.9 Å². The molecule has 6 aromatic rings. The van der Waals surface area contributed by atoms with Gasteiger partial charge in [0.15, 0.2) is 30.9 Å². The lowest BCUT2D eigenvalue weighted by atomic mass is 9.97. The first kappa shape index (κ1) is 47.0. The van der Waals surface area contributed by atoms with E-state index in [1.54, 1.807) is 97.9 Å². The zero-order valence-electron chi connectivity index (χ0n) is 36.8. The second-order valence-corrected chi connectivity index (χ2v) is 16.1. The molecule has 2 fully saturated rings. The summed E-state index contributed by atoms with van der Waals surface area (Å²) >= 11 is 0. The van der Waals surface area contributed by atoms with Gasteiger partial charge in [0.1, 0.15) is 24.4 Å². The summed E-state index contributed by atoms with van der Waals surface area (Å²) in [4.78, 5) is 41.5. The largest absolute Gasteiger partial charge is 0.452 e. The standard InChI is InChI=1S/C54H52O13/c1-36-44(65-50(55)40-26-14-5-15-27-40)47(66-51(56)41-28-16-6-17-29-41)49(67-52(57)42-30-18-7-19-31-42)54(63-36)62-35-43-45(59-32-37-20-8-2-9-21-37)46(60-33-38-22-10-3-11-23-38)48(53(58)64-43)61-34-39-24-12-4-13-25-39/h2-31,36,43-49,53-54,58H,32-35H2,1H3/t36-,43-,44-,45-,46+,47+,48-,49-,53+,54-/m1/s1. The Labute approximate surface area is 389 Å². The third kappa shape index (κ3) is 12.5. The van der Waals surface area contributed by atoms with Gasteiger partial charge in [-0.15, -0.1) is 0 Å². The van der Waals surface area contributed by atoms with Crippen LogP contribution >= 0.6 is 0 Å². The summed E-state index contributed by atoms with van der Waals surface area (Å²) in [7, 11) is 0. The molecule has 10 atom stereocenters. The van der Waals surface area contributed by atoms with Crippen molar-refractivity contribution in [3.63, 3.8) is 0 Å². The minimum Gasteiger partial charge on any atom is -0.452 e. The van der Waals surface area contributed by atoms with E-state index in [0.29, 0.717) is 0 Å². The number of hydrogen-bond acceptors (Lipinski definition) is 13. The molecule has 2 aliphatic rings. The van der Waals surface area contributed by atoms with Crippen molar-refractivity contribution < 1.29 is 62.1 Å². The zero-order chi connectivity index (χ0) is 46.4. The Bertz CT molecular complexity index is 2450. The molecule has 0 bridgehead atoms. The number of ether oxygens (including phenoxy) is 9. The lowest BCUT2D eigenvalue weighted by Crippen LogP contribution is -2.63. The van der Waals surface area contributed by atoms with E-state index in [0.717, 1.165) is 16.7 Å². The average molecular weight is 909 g/mol. The molecule has 0 spiro atoms. The van der Waals surface area contributed by atoms with Crippen LogP contribution in [0.1, 0.15) is 54.7 Å². The molecule has 2 saturated heterocycles. The predicted octanol–water partition coefficient (Wildman–Crippen LogP) is 7.90. The van der Waals surface area contributed by atoms with Crippen LogP contribution in [0.3, 0.4) is 0 Å². The van der Waals surface area contributed by atoms with Crippen molar-refractivity contribution in [3.8, 4) is 0 Å². The van der Waals surface area contributed by atoms with E-state index >= 15 is 0 Å². The smallest absolute Gasteiger partial charge is 0.338 e. The highest BCUT2D eigenvalue weighted by Crippen LogP contribution is 2.34. The van der Waals surface area contributed by atoms with Gasteiger partial charge in [-0.3, -0.25) is 0 Å². The van der Waals surface area contributed by atoms with E-state index in [2.05, 4.69) is 0 Å². The molecular formula is C54H52O13. The first-order valence-corrected chi connectivity index (χ1v) is 22.2. The van der Waals surface area contributed by atoms with Crippen molar-refractivity contribution in [2.75, 3.05) is 6.61 Å². The fourth-order valence-corrected chi connectivity index (χ4v) is 7.91. The Morgan fingerprint density at radius 1 is 0.418 bits per heavy atom. The van der Waals surface area contributed by atoms with Gasteiger partial charge in [-0.25, -0.2) is 14.4 Å². The molecule has 0 unspecified atom stereocenters. The second kappa shape index (κ2) is 23.3. The summed E-state index contributed by atoms with van der Waals surface area (Å²) in [6.45, 7) is 1.74. The van der Waals surface area contributed by atoms with Gasteiger partial charge in [0.25, 0.3) is 0 Å². The first-order valence-electron chi connectivity index (χ1n) is 22.2. The van der Waals surface area contributed by atoms with Crippen molar-refractivity contribution in [3.05, 3.63) is 215 Å². The normalized spacial score (nSPS) is 24.8. The maximum atomic E-state index is 14.0. The SMILES string of the molecule is C[C@H]1O[C@@H](OC[C@H]2O[C@H](O)[C@H](OCc3ccccc3)[C@@H](OCc3ccccc3)[C@@H]2OCc2ccccc2)[C@H](OC(=O)c2ccccc2)[C@@H](OC(=O)c2ccccc2)[C@@H]1OC(=O)c1ccccc1. The Morgan fingerprint density at radius 3 is 1.21 bits per heavy atom. The van der Waals surface area contributed by atoms with Gasteiger partial charge in [0, 0.05) is 0 Å². The van der Waals surface area contributed by atoms with Gasteiger partial charge in [-0.1, -0.05) is 146 Å². The van der Waals surface area contributed by atoms with E-state index in [1.165, 1.54) is 0 Å². The van der Waals surface area contributed by atoms with E-state index in [-0.39, 0.29) is 43.1 Å². The lowest BCUT2D eigenvalue weighted by molar-refractivity contribution is -0.335. The van der Waals surface area contributed by atoms with Crippen LogP contribution in [-0.4, -0.2) is 91.0 Å². The molecule has 0 saturated carbocycles. The summed E-state index contributed by atoms with van der Waals surface area (Å²) in [6, 6.07) is 53.5. The molecule has 0 radical (unpaired) electrons. The van der Waals surface area contributed by atoms with Gasteiger partial charge < -0.3 is 47.7 Å². The number of aliphatic hydroxyl groups excluding tert-OH is 1. The van der Waals surface area contributed by atoms with Crippen molar-refractivity contribution in [2.24, 2.45) is 0 Å². The fraction of sp³-hybridized carbons (Fsp3) is 0.278. The number of rotatable bonds is 18. The number of hydrogen-bond donors (Lipinski definition) is 1. The van der Waals surface area contributed by atoms with Gasteiger partial charge in [-0.2, -0.15) is 0 Å². The summed E-state index contributed by atoms with van der Waals surface area (Å²) < 4.78 is 57.4. The van der Waals surface area contributed by atoms with Crippen molar-refractivity contribution in [1.29, 1.82) is 0 Å². The number of carbonyl (C=O) groups excluding carboxylic acids is 3. The maximum Gasteiger partial charge on any atom is 0.338 e. The molecule has 67 heavy (non-hydrogen) atoms. The Hall–Kier alpha value is -6.55. The van der Waals surface area contributed by atoms with Crippen LogP contribution in [0.15, 0.2) is 182 Å². The molecule has 6 aromatic carbocycles. The van der Waals surface area contributed by atoms with E-state index in [1.807, 2.05) is 91.0 Å².